The SMILES string of the molecule is CSC(C)(C)CNc1nc(C)ccc1C(=O)O. The molecular formula is C12H18N2O2S. The van der Waals surface area contributed by atoms with Crippen molar-refractivity contribution in [3.8, 4) is 0 Å². The van der Waals surface area contributed by atoms with Crippen molar-refractivity contribution in [2.75, 3.05) is 18.1 Å². The molecule has 4 nitrogen and oxygen atoms in total. The van der Waals surface area contributed by atoms with E-state index in [0.29, 0.717) is 12.4 Å². The molecule has 0 atom stereocenters. The summed E-state index contributed by atoms with van der Waals surface area (Å²) in [5.74, 6) is -0.512. The highest BCUT2D eigenvalue weighted by molar-refractivity contribution is 7.99. The van der Waals surface area contributed by atoms with E-state index in [2.05, 4.69) is 24.1 Å². The van der Waals surface area contributed by atoms with Crippen LogP contribution < -0.4 is 5.32 Å². The fourth-order valence-corrected chi connectivity index (χ4v) is 1.45. The Morgan fingerprint density at radius 2 is 2.18 bits per heavy atom. The molecule has 0 amide bonds. The van der Waals surface area contributed by atoms with E-state index in [1.165, 1.54) is 0 Å². The van der Waals surface area contributed by atoms with Crippen LogP contribution in [-0.2, 0) is 0 Å². The number of hydrogen-bond acceptors (Lipinski definition) is 4. The highest BCUT2D eigenvalue weighted by atomic mass is 32.2. The highest BCUT2D eigenvalue weighted by Gasteiger charge is 2.18. The molecule has 0 aliphatic heterocycles. The number of aromatic carboxylic acids is 1. The lowest BCUT2D eigenvalue weighted by atomic mass is 10.2. The maximum Gasteiger partial charge on any atom is 0.339 e. The van der Waals surface area contributed by atoms with Crippen LogP contribution in [0, 0.1) is 6.92 Å². The second-order valence-electron chi connectivity index (χ2n) is 4.47. The smallest absolute Gasteiger partial charge is 0.339 e. The third kappa shape index (κ3) is 3.93. The van der Waals surface area contributed by atoms with Crippen LogP contribution in [0.4, 0.5) is 5.82 Å². The first-order valence-electron chi connectivity index (χ1n) is 5.36. The van der Waals surface area contributed by atoms with Crippen molar-refractivity contribution in [3.63, 3.8) is 0 Å². The fraction of sp³-hybridized carbons (Fsp3) is 0.500. The number of nitrogens with zero attached hydrogens (tertiary/aromatic N) is 1. The van der Waals surface area contributed by atoms with Gasteiger partial charge in [0, 0.05) is 17.0 Å². The number of rotatable bonds is 5. The van der Waals surface area contributed by atoms with Crippen molar-refractivity contribution in [2.45, 2.75) is 25.5 Å². The van der Waals surface area contributed by atoms with Crippen molar-refractivity contribution in [1.82, 2.24) is 4.98 Å². The van der Waals surface area contributed by atoms with E-state index >= 15 is 0 Å². The molecule has 1 aromatic rings. The number of aryl methyl sites for hydroxylation is 1. The Kier molecular flexibility index (Phi) is 4.40. The number of carboxylic acids is 1. The zero-order valence-electron chi connectivity index (χ0n) is 10.6. The van der Waals surface area contributed by atoms with Crippen molar-refractivity contribution < 1.29 is 9.90 Å². The molecule has 1 heterocycles. The van der Waals surface area contributed by atoms with Crippen molar-refractivity contribution in [3.05, 3.63) is 23.4 Å². The van der Waals surface area contributed by atoms with E-state index < -0.39 is 5.97 Å². The molecular weight excluding hydrogens is 236 g/mol. The van der Waals surface area contributed by atoms with Crippen LogP contribution in [-0.4, -0.2) is 33.6 Å². The average molecular weight is 254 g/mol. The minimum atomic E-state index is -0.957. The van der Waals surface area contributed by atoms with Crippen LogP contribution >= 0.6 is 11.8 Å². The summed E-state index contributed by atoms with van der Waals surface area (Å²) in [5.41, 5.74) is 1.02. The maximum absolute atomic E-state index is 11.0. The Balaban J connectivity index is 2.89. The number of thioether (sulfide) groups is 1. The molecule has 1 aromatic heterocycles. The summed E-state index contributed by atoms with van der Waals surface area (Å²) >= 11 is 1.73. The minimum Gasteiger partial charge on any atom is -0.478 e. The highest BCUT2D eigenvalue weighted by Crippen LogP contribution is 2.22. The number of anilines is 1. The Morgan fingerprint density at radius 1 is 1.53 bits per heavy atom. The van der Waals surface area contributed by atoms with Gasteiger partial charge in [-0.05, 0) is 39.2 Å². The second kappa shape index (κ2) is 5.40. The van der Waals surface area contributed by atoms with Crippen LogP contribution in [0.3, 0.4) is 0 Å². The molecule has 0 fully saturated rings. The third-order valence-corrected chi connectivity index (χ3v) is 3.75. The number of pyridine rings is 1. The van der Waals surface area contributed by atoms with Gasteiger partial charge in [-0.3, -0.25) is 0 Å². The van der Waals surface area contributed by atoms with E-state index in [9.17, 15) is 4.79 Å². The molecule has 0 aliphatic rings. The summed E-state index contributed by atoms with van der Waals surface area (Å²) in [7, 11) is 0. The van der Waals surface area contributed by atoms with Crippen LogP contribution in [0.2, 0.25) is 0 Å². The molecule has 5 heteroatoms. The van der Waals surface area contributed by atoms with Gasteiger partial charge in [-0.15, -0.1) is 0 Å². The molecule has 94 valence electrons. The quantitative estimate of drug-likeness (QED) is 0.845. The van der Waals surface area contributed by atoms with Gasteiger partial charge in [0.15, 0.2) is 0 Å². The Bertz CT molecular complexity index is 419. The van der Waals surface area contributed by atoms with E-state index in [1.807, 2.05) is 13.2 Å². The van der Waals surface area contributed by atoms with Gasteiger partial charge < -0.3 is 10.4 Å². The van der Waals surface area contributed by atoms with Crippen molar-refractivity contribution in [2.24, 2.45) is 0 Å². The standard InChI is InChI=1S/C12H18N2O2S/c1-8-5-6-9(11(15)16)10(14-8)13-7-12(2,3)17-4/h5-6H,7H2,1-4H3,(H,13,14)(H,15,16). The van der Waals surface area contributed by atoms with Gasteiger partial charge in [-0.25, -0.2) is 9.78 Å². The summed E-state index contributed by atoms with van der Waals surface area (Å²) in [6.45, 7) is 6.71. The molecule has 0 unspecified atom stereocenters. The number of nitrogens with one attached hydrogen (secondary N) is 1. The topological polar surface area (TPSA) is 62.2 Å². The van der Waals surface area contributed by atoms with Gasteiger partial charge in [0.05, 0.1) is 0 Å². The van der Waals surface area contributed by atoms with Gasteiger partial charge in [0.25, 0.3) is 0 Å². The van der Waals surface area contributed by atoms with Crippen LogP contribution in [0.1, 0.15) is 29.9 Å². The Labute approximate surface area is 106 Å². The number of aromatic nitrogens is 1. The van der Waals surface area contributed by atoms with Crippen LogP contribution in [0.15, 0.2) is 12.1 Å². The second-order valence-corrected chi connectivity index (χ2v) is 5.98. The van der Waals surface area contributed by atoms with Gasteiger partial charge >= 0.3 is 5.97 Å². The number of carbonyl (C=O) groups is 1. The molecule has 0 aliphatic carbocycles. The lowest BCUT2D eigenvalue weighted by molar-refractivity contribution is 0.0697. The first-order valence-corrected chi connectivity index (χ1v) is 6.58. The predicted molar refractivity (Wildman–Crippen MR) is 72.0 cm³/mol. The molecule has 0 saturated carbocycles. The molecule has 0 spiro atoms. The predicted octanol–water partition coefficient (Wildman–Crippen LogP) is 2.64. The third-order valence-electron chi connectivity index (χ3n) is 2.50. The molecule has 1 rings (SSSR count). The molecule has 0 bridgehead atoms. The zero-order valence-corrected chi connectivity index (χ0v) is 11.4. The lowest BCUT2D eigenvalue weighted by Crippen LogP contribution is -2.27. The number of hydrogen-bond donors (Lipinski definition) is 2. The summed E-state index contributed by atoms with van der Waals surface area (Å²) in [6.07, 6.45) is 2.03. The molecule has 0 saturated heterocycles. The van der Waals surface area contributed by atoms with Crippen molar-refractivity contribution in [1.29, 1.82) is 0 Å². The average Bonchev–Trinajstić information content (AvgIpc) is 2.26. The van der Waals surface area contributed by atoms with Crippen LogP contribution in [0.25, 0.3) is 0 Å². The Morgan fingerprint density at radius 3 is 2.71 bits per heavy atom. The minimum absolute atomic E-state index is 0.0429. The normalized spacial score (nSPS) is 11.3. The fourth-order valence-electron chi connectivity index (χ4n) is 1.23. The zero-order chi connectivity index (χ0) is 13.1. The first kappa shape index (κ1) is 13.8. The summed E-state index contributed by atoms with van der Waals surface area (Å²) in [6, 6.07) is 3.29. The largest absolute Gasteiger partial charge is 0.478 e. The maximum atomic E-state index is 11.0. The molecule has 2 N–H and O–H groups in total. The summed E-state index contributed by atoms with van der Waals surface area (Å²) in [4.78, 5) is 15.3. The summed E-state index contributed by atoms with van der Waals surface area (Å²) < 4.78 is 0.0429. The lowest BCUT2D eigenvalue weighted by Gasteiger charge is -2.23. The Hall–Kier alpha value is -1.23. The van der Waals surface area contributed by atoms with Gasteiger partial charge in [0.1, 0.15) is 11.4 Å². The van der Waals surface area contributed by atoms with Crippen molar-refractivity contribution >= 4 is 23.5 Å². The van der Waals surface area contributed by atoms with E-state index in [1.54, 1.807) is 23.9 Å². The first-order chi connectivity index (χ1) is 7.85. The monoisotopic (exact) mass is 254 g/mol. The van der Waals surface area contributed by atoms with E-state index in [4.69, 9.17) is 5.11 Å². The van der Waals surface area contributed by atoms with Gasteiger partial charge in [0.2, 0.25) is 0 Å². The molecule has 0 radical (unpaired) electrons. The van der Waals surface area contributed by atoms with E-state index in [0.717, 1.165) is 5.69 Å². The molecule has 17 heavy (non-hydrogen) atoms. The number of carboxylic acid groups (broad SMARTS) is 1. The summed E-state index contributed by atoms with van der Waals surface area (Å²) in [5, 5.41) is 12.2. The van der Waals surface area contributed by atoms with Gasteiger partial charge in [-0.2, -0.15) is 11.8 Å². The van der Waals surface area contributed by atoms with Gasteiger partial charge in [-0.1, -0.05) is 0 Å². The van der Waals surface area contributed by atoms with Crippen LogP contribution in [0.5, 0.6) is 0 Å². The van der Waals surface area contributed by atoms with E-state index in [-0.39, 0.29) is 10.3 Å². The molecule has 0 aromatic carbocycles.